The lowest BCUT2D eigenvalue weighted by Crippen LogP contribution is -2.47. The van der Waals surface area contributed by atoms with Gasteiger partial charge < -0.3 is 16.0 Å². The van der Waals surface area contributed by atoms with Crippen LogP contribution in [0.15, 0.2) is 42.5 Å². The number of carbonyl (C=O) groups excluding carboxylic acids is 1. The third-order valence-corrected chi connectivity index (χ3v) is 5.70. The zero-order valence-corrected chi connectivity index (χ0v) is 18.0. The van der Waals surface area contributed by atoms with Gasteiger partial charge in [-0.1, -0.05) is 43.7 Å². The minimum atomic E-state index is 0.0631. The molecule has 30 heavy (non-hydrogen) atoms. The van der Waals surface area contributed by atoms with E-state index in [4.69, 9.17) is 10.7 Å². The molecule has 2 aromatic carbocycles. The minimum Gasteiger partial charge on any atom is -0.360 e. The van der Waals surface area contributed by atoms with Crippen LogP contribution >= 0.6 is 0 Å². The van der Waals surface area contributed by atoms with Gasteiger partial charge in [0.25, 0.3) is 0 Å². The maximum atomic E-state index is 11.9. The zero-order chi connectivity index (χ0) is 21.3. The Morgan fingerprint density at radius 1 is 1.17 bits per heavy atom. The fourth-order valence-electron chi connectivity index (χ4n) is 4.22. The molecule has 3 aromatic rings. The Morgan fingerprint density at radius 2 is 1.93 bits per heavy atom. The molecule has 1 amide bonds. The standard InChI is InChI=1S/C25H30N4O/c1-16(2)12-23-21(14-26)25(18-6-4-17(3)5-7-18)20-13-19(8-9-22(20)28-23)29-11-10-27-24(30)15-29/h4-9,13,16H,10-12,14-15,26H2,1-3H3,(H,27,30). The number of nitrogens with zero attached hydrogens (tertiary/aromatic N) is 2. The Morgan fingerprint density at radius 3 is 2.60 bits per heavy atom. The predicted octanol–water partition coefficient (Wildman–Crippen LogP) is 3.80. The van der Waals surface area contributed by atoms with E-state index in [-0.39, 0.29) is 5.91 Å². The first-order valence-electron chi connectivity index (χ1n) is 10.7. The number of nitrogens with two attached hydrogens (primary N) is 1. The molecule has 5 heteroatoms. The second-order valence-corrected chi connectivity index (χ2v) is 8.55. The number of aromatic nitrogens is 1. The minimum absolute atomic E-state index is 0.0631. The number of benzene rings is 2. The maximum Gasteiger partial charge on any atom is 0.239 e. The van der Waals surface area contributed by atoms with Crippen molar-refractivity contribution in [3.63, 3.8) is 0 Å². The van der Waals surface area contributed by atoms with E-state index < -0.39 is 0 Å². The molecular formula is C25H30N4O. The normalized spacial score (nSPS) is 14.4. The highest BCUT2D eigenvalue weighted by Gasteiger charge is 2.20. The smallest absolute Gasteiger partial charge is 0.239 e. The second kappa shape index (κ2) is 8.44. The topological polar surface area (TPSA) is 71.2 Å². The molecule has 0 bridgehead atoms. The van der Waals surface area contributed by atoms with Crippen LogP contribution in [0, 0.1) is 12.8 Å². The van der Waals surface area contributed by atoms with E-state index in [1.807, 2.05) is 0 Å². The number of aryl methyl sites for hydroxylation is 1. The van der Waals surface area contributed by atoms with Crippen molar-refractivity contribution in [1.82, 2.24) is 10.3 Å². The summed E-state index contributed by atoms with van der Waals surface area (Å²) in [5.41, 5.74) is 14.1. The zero-order valence-electron chi connectivity index (χ0n) is 18.0. The van der Waals surface area contributed by atoms with Gasteiger partial charge in [0.1, 0.15) is 0 Å². The van der Waals surface area contributed by atoms with Crippen molar-refractivity contribution in [1.29, 1.82) is 0 Å². The van der Waals surface area contributed by atoms with Gasteiger partial charge in [0, 0.05) is 36.4 Å². The van der Waals surface area contributed by atoms with Crippen molar-refractivity contribution in [3.8, 4) is 11.1 Å². The third-order valence-electron chi connectivity index (χ3n) is 5.70. The Labute approximate surface area is 178 Å². The highest BCUT2D eigenvalue weighted by molar-refractivity contribution is 5.99. The molecule has 5 nitrogen and oxygen atoms in total. The summed E-state index contributed by atoms with van der Waals surface area (Å²) in [5.74, 6) is 0.561. The lowest BCUT2D eigenvalue weighted by atomic mass is 9.91. The third kappa shape index (κ3) is 4.03. The second-order valence-electron chi connectivity index (χ2n) is 8.55. The number of piperazine rings is 1. The van der Waals surface area contributed by atoms with E-state index in [0.29, 0.717) is 25.6 Å². The first-order chi connectivity index (χ1) is 14.5. The lowest BCUT2D eigenvalue weighted by Gasteiger charge is -2.29. The highest BCUT2D eigenvalue weighted by atomic mass is 16.2. The van der Waals surface area contributed by atoms with Gasteiger partial charge >= 0.3 is 0 Å². The molecule has 1 aromatic heterocycles. The first-order valence-corrected chi connectivity index (χ1v) is 10.7. The fraction of sp³-hybridized carbons (Fsp3) is 0.360. The molecule has 0 aliphatic carbocycles. The Hall–Kier alpha value is -2.92. The molecule has 0 radical (unpaired) electrons. The average molecular weight is 403 g/mol. The summed E-state index contributed by atoms with van der Waals surface area (Å²) < 4.78 is 0. The molecule has 156 valence electrons. The quantitative estimate of drug-likeness (QED) is 0.681. The van der Waals surface area contributed by atoms with Crippen molar-refractivity contribution in [2.45, 2.75) is 33.7 Å². The molecule has 1 aliphatic rings. The summed E-state index contributed by atoms with van der Waals surface area (Å²) in [6.45, 7) is 8.83. The maximum absolute atomic E-state index is 11.9. The van der Waals surface area contributed by atoms with Crippen LogP contribution in [-0.4, -0.2) is 30.5 Å². The van der Waals surface area contributed by atoms with E-state index in [1.165, 1.54) is 11.1 Å². The Kier molecular flexibility index (Phi) is 5.73. The molecule has 1 aliphatic heterocycles. The largest absolute Gasteiger partial charge is 0.360 e. The van der Waals surface area contributed by atoms with Crippen LogP contribution in [0.4, 0.5) is 5.69 Å². The summed E-state index contributed by atoms with van der Waals surface area (Å²) in [7, 11) is 0. The summed E-state index contributed by atoms with van der Waals surface area (Å²) in [6, 6.07) is 15.0. The average Bonchev–Trinajstić information content (AvgIpc) is 2.73. The van der Waals surface area contributed by atoms with E-state index in [0.717, 1.165) is 46.4 Å². The number of hydrogen-bond acceptors (Lipinski definition) is 4. The Bertz CT molecular complexity index is 1070. The van der Waals surface area contributed by atoms with Crippen LogP contribution in [0.5, 0.6) is 0 Å². The molecule has 0 atom stereocenters. The van der Waals surface area contributed by atoms with Gasteiger partial charge in [-0.05, 0) is 54.2 Å². The number of amides is 1. The molecule has 1 fully saturated rings. The van der Waals surface area contributed by atoms with Gasteiger partial charge in [-0.25, -0.2) is 0 Å². The number of carbonyl (C=O) groups is 1. The van der Waals surface area contributed by atoms with Crippen LogP contribution in [0.1, 0.15) is 30.7 Å². The first kappa shape index (κ1) is 20.4. The summed E-state index contributed by atoms with van der Waals surface area (Å²) in [5, 5.41) is 3.99. The van der Waals surface area contributed by atoms with E-state index in [2.05, 4.69) is 73.5 Å². The number of pyridine rings is 1. The van der Waals surface area contributed by atoms with E-state index >= 15 is 0 Å². The van der Waals surface area contributed by atoms with Crippen molar-refractivity contribution < 1.29 is 4.79 Å². The summed E-state index contributed by atoms with van der Waals surface area (Å²) >= 11 is 0. The number of nitrogens with one attached hydrogen (secondary N) is 1. The fourth-order valence-corrected chi connectivity index (χ4v) is 4.22. The van der Waals surface area contributed by atoms with Crippen molar-refractivity contribution in [2.75, 3.05) is 24.5 Å². The van der Waals surface area contributed by atoms with Crippen molar-refractivity contribution in [2.24, 2.45) is 11.7 Å². The van der Waals surface area contributed by atoms with Crippen molar-refractivity contribution in [3.05, 3.63) is 59.3 Å². The SMILES string of the molecule is Cc1ccc(-c2c(CN)c(CC(C)C)nc3ccc(N4CCNC(=O)C4)cc23)cc1. The number of anilines is 1. The number of fused-ring (bicyclic) bond motifs is 1. The molecular weight excluding hydrogens is 372 g/mol. The van der Waals surface area contributed by atoms with Crippen LogP contribution < -0.4 is 16.0 Å². The molecule has 0 saturated carbocycles. The summed E-state index contributed by atoms with van der Waals surface area (Å²) in [4.78, 5) is 19.0. The molecule has 3 N–H and O–H groups in total. The Balaban J connectivity index is 1.94. The van der Waals surface area contributed by atoms with E-state index in [9.17, 15) is 4.79 Å². The molecule has 1 saturated heterocycles. The van der Waals surface area contributed by atoms with Gasteiger partial charge in [-0.3, -0.25) is 9.78 Å². The van der Waals surface area contributed by atoms with Crippen LogP contribution in [0.2, 0.25) is 0 Å². The van der Waals surface area contributed by atoms with Gasteiger partial charge in [0.15, 0.2) is 0 Å². The van der Waals surface area contributed by atoms with Crippen LogP contribution in [-0.2, 0) is 17.8 Å². The molecule has 0 unspecified atom stereocenters. The number of rotatable bonds is 5. The van der Waals surface area contributed by atoms with Crippen LogP contribution in [0.25, 0.3) is 22.0 Å². The molecule has 0 spiro atoms. The molecule has 4 rings (SSSR count). The lowest BCUT2D eigenvalue weighted by molar-refractivity contribution is -0.120. The van der Waals surface area contributed by atoms with Gasteiger partial charge in [-0.15, -0.1) is 0 Å². The summed E-state index contributed by atoms with van der Waals surface area (Å²) in [6.07, 6.45) is 0.898. The van der Waals surface area contributed by atoms with E-state index in [1.54, 1.807) is 0 Å². The van der Waals surface area contributed by atoms with Gasteiger partial charge in [-0.2, -0.15) is 0 Å². The van der Waals surface area contributed by atoms with Gasteiger partial charge in [0.05, 0.1) is 12.1 Å². The number of hydrogen-bond donors (Lipinski definition) is 2. The highest BCUT2D eigenvalue weighted by Crippen LogP contribution is 2.36. The van der Waals surface area contributed by atoms with Gasteiger partial charge in [0.2, 0.25) is 5.91 Å². The predicted molar refractivity (Wildman–Crippen MR) is 124 cm³/mol. The molecule has 2 heterocycles. The monoisotopic (exact) mass is 402 g/mol. The van der Waals surface area contributed by atoms with Crippen LogP contribution in [0.3, 0.4) is 0 Å². The van der Waals surface area contributed by atoms with Crippen molar-refractivity contribution >= 4 is 22.5 Å².